The van der Waals surface area contributed by atoms with Crippen LogP contribution in [0.4, 0.5) is 4.79 Å². The zero-order chi connectivity index (χ0) is 18.2. The molecule has 3 N–H and O–H groups in total. The standard InChI is InChI=1S/C20H33N3O2/c1-15-7-9-23(10-8-15)13-19-6-4-5-18(11-19)12-21-20(25)22-17(3)16(2)14-24/h4-6,11,15-17,24H,7-10,12-14H2,1-3H3,(H2,21,22,25). The first-order valence-corrected chi connectivity index (χ1v) is 9.43. The molecule has 1 aliphatic heterocycles. The van der Waals surface area contributed by atoms with Gasteiger partial charge < -0.3 is 15.7 Å². The van der Waals surface area contributed by atoms with Crippen LogP contribution in [0.2, 0.25) is 0 Å². The molecule has 0 bridgehead atoms. The zero-order valence-electron chi connectivity index (χ0n) is 15.8. The van der Waals surface area contributed by atoms with Gasteiger partial charge in [-0.2, -0.15) is 0 Å². The van der Waals surface area contributed by atoms with Gasteiger partial charge in [0.25, 0.3) is 0 Å². The van der Waals surface area contributed by atoms with Crippen LogP contribution in [0.5, 0.6) is 0 Å². The van der Waals surface area contributed by atoms with Crippen molar-refractivity contribution in [1.82, 2.24) is 15.5 Å². The third-order valence-corrected chi connectivity index (χ3v) is 5.23. The summed E-state index contributed by atoms with van der Waals surface area (Å²) < 4.78 is 0. The Hall–Kier alpha value is -1.59. The van der Waals surface area contributed by atoms with Gasteiger partial charge in [0.1, 0.15) is 0 Å². The molecule has 0 aromatic heterocycles. The molecule has 1 aromatic carbocycles. The highest BCUT2D eigenvalue weighted by molar-refractivity contribution is 5.74. The Morgan fingerprint density at radius 2 is 1.96 bits per heavy atom. The molecule has 1 aromatic rings. The summed E-state index contributed by atoms with van der Waals surface area (Å²) in [6.07, 6.45) is 2.57. The Bertz CT molecular complexity index is 541. The van der Waals surface area contributed by atoms with Gasteiger partial charge in [-0.25, -0.2) is 4.79 Å². The number of rotatable bonds is 7. The van der Waals surface area contributed by atoms with Gasteiger partial charge >= 0.3 is 6.03 Å². The topological polar surface area (TPSA) is 64.6 Å². The third kappa shape index (κ3) is 6.67. The normalized spacial score (nSPS) is 18.6. The number of hydrogen-bond donors (Lipinski definition) is 3. The van der Waals surface area contributed by atoms with Crippen LogP contribution >= 0.6 is 0 Å². The maximum Gasteiger partial charge on any atom is 0.315 e. The number of nitrogens with zero attached hydrogens (tertiary/aromatic N) is 1. The van der Waals surface area contributed by atoms with E-state index in [-0.39, 0.29) is 24.6 Å². The lowest BCUT2D eigenvalue weighted by Crippen LogP contribution is -2.43. The number of urea groups is 1. The molecule has 0 saturated carbocycles. The van der Waals surface area contributed by atoms with Crippen molar-refractivity contribution in [1.29, 1.82) is 0 Å². The van der Waals surface area contributed by atoms with E-state index in [9.17, 15) is 4.79 Å². The van der Waals surface area contributed by atoms with E-state index in [2.05, 4.69) is 40.7 Å². The second kappa shape index (κ2) is 9.78. The zero-order valence-corrected chi connectivity index (χ0v) is 15.8. The Balaban J connectivity index is 1.80. The molecule has 1 heterocycles. The third-order valence-electron chi connectivity index (χ3n) is 5.23. The number of piperidine rings is 1. The van der Waals surface area contributed by atoms with Crippen LogP contribution in [-0.4, -0.2) is 41.8 Å². The molecule has 1 fully saturated rings. The predicted octanol–water partition coefficient (Wildman–Crippen LogP) is 2.73. The van der Waals surface area contributed by atoms with Crippen LogP contribution in [-0.2, 0) is 13.1 Å². The van der Waals surface area contributed by atoms with E-state index >= 15 is 0 Å². The van der Waals surface area contributed by atoms with E-state index in [1.54, 1.807) is 0 Å². The lowest BCUT2D eigenvalue weighted by atomic mass is 9.98. The maximum atomic E-state index is 12.0. The molecule has 2 unspecified atom stereocenters. The Kier molecular flexibility index (Phi) is 7.72. The van der Waals surface area contributed by atoms with Gasteiger partial charge in [0.2, 0.25) is 0 Å². The highest BCUT2D eigenvalue weighted by atomic mass is 16.3. The summed E-state index contributed by atoms with van der Waals surface area (Å²) in [5.41, 5.74) is 2.41. The SMILES string of the molecule is CC1CCN(Cc2cccc(CNC(=O)NC(C)C(C)CO)c2)CC1. The second-order valence-corrected chi connectivity index (χ2v) is 7.55. The van der Waals surface area contributed by atoms with Gasteiger partial charge in [-0.05, 0) is 55.8 Å². The number of aliphatic hydroxyl groups excluding tert-OH is 1. The molecule has 1 saturated heterocycles. The molecule has 2 amide bonds. The lowest BCUT2D eigenvalue weighted by molar-refractivity contribution is 0.185. The van der Waals surface area contributed by atoms with Crippen LogP contribution in [0, 0.1) is 11.8 Å². The molecule has 0 aliphatic carbocycles. The average molecular weight is 348 g/mol. The Morgan fingerprint density at radius 3 is 2.64 bits per heavy atom. The van der Waals surface area contributed by atoms with Gasteiger partial charge in [0.15, 0.2) is 0 Å². The highest BCUT2D eigenvalue weighted by Crippen LogP contribution is 2.18. The van der Waals surface area contributed by atoms with Crippen LogP contribution in [0.25, 0.3) is 0 Å². The van der Waals surface area contributed by atoms with E-state index in [1.807, 2.05) is 19.9 Å². The van der Waals surface area contributed by atoms with Crippen molar-refractivity contribution >= 4 is 6.03 Å². The molecule has 0 spiro atoms. The summed E-state index contributed by atoms with van der Waals surface area (Å²) in [5.74, 6) is 0.891. The molecule has 0 radical (unpaired) electrons. The molecule has 25 heavy (non-hydrogen) atoms. The first kappa shape index (κ1) is 19.7. The maximum absolute atomic E-state index is 12.0. The number of hydrogen-bond acceptors (Lipinski definition) is 3. The lowest BCUT2D eigenvalue weighted by Gasteiger charge is -2.30. The van der Waals surface area contributed by atoms with Crippen LogP contribution in [0.1, 0.15) is 44.7 Å². The fourth-order valence-electron chi connectivity index (χ4n) is 3.06. The van der Waals surface area contributed by atoms with E-state index in [4.69, 9.17) is 5.11 Å². The van der Waals surface area contributed by atoms with Crippen molar-refractivity contribution in [2.45, 2.75) is 52.7 Å². The summed E-state index contributed by atoms with van der Waals surface area (Å²) in [4.78, 5) is 14.5. The summed E-state index contributed by atoms with van der Waals surface area (Å²) in [6.45, 7) is 10.1. The summed E-state index contributed by atoms with van der Waals surface area (Å²) in [7, 11) is 0. The summed E-state index contributed by atoms with van der Waals surface area (Å²) in [5, 5.41) is 14.9. The van der Waals surface area contributed by atoms with Gasteiger partial charge in [-0.1, -0.05) is 38.1 Å². The number of carbonyl (C=O) groups excluding carboxylic acids is 1. The molecular formula is C20H33N3O2. The largest absolute Gasteiger partial charge is 0.396 e. The molecule has 2 atom stereocenters. The van der Waals surface area contributed by atoms with Crippen LogP contribution < -0.4 is 10.6 Å². The first-order valence-electron chi connectivity index (χ1n) is 9.43. The van der Waals surface area contributed by atoms with Crippen molar-refractivity contribution in [2.75, 3.05) is 19.7 Å². The monoisotopic (exact) mass is 347 g/mol. The smallest absolute Gasteiger partial charge is 0.315 e. The number of nitrogens with one attached hydrogen (secondary N) is 2. The number of aliphatic hydroxyl groups is 1. The quantitative estimate of drug-likeness (QED) is 0.711. The molecule has 5 heteroatoms. The van der Waals surface area contributed by atoms with E-state index < -0.39 is 0 Å². The average Bonchev–Trinajstić information content (AvgIpc) is 2.61. The Morgan fingerprint density at radius 1 is 1.28 bits per heavy atom. The van der Waals surface area contributed by atoms with Gasteiger partial charge in [-0.15, -0.1) is 0 Å². The summed E-state index contributed by atoms with van der Waals surface area (Å²) in [6, 6.07) is 8.20. The van der Waals surface area contributed by atoms with Crippen LogP contribution in [0.15, 0.2) is 24.3 Å². The number of amides is 2. The van der Waals surface area contributed by atoms with E-state index in [0.717, 1.165) is 18.0 Å². The van der Waals surface area contributed by atoms with Crippen molar-refractivity contribution in [2.24, 2.45) is 11.8 Å². The number of likely N-dealkylation sites (tertiary alicyclic amines) is 1. The predicted molar refractivity (Wildman–Crippen MR) is 101 cm³/mol. The number of benzene rings is 1. The molecule has 2 rings (SSSR count). The molecule has 1 aliphatic rings. The highest BCUT2D eigenvalue weighted by Gasteiger charge is 2.16. The second-order valence-electron chi connectivity index (χ2n) is 7.55. The fraction of sp³-hybridized carbons (Fsp3) is 0.650. The minimum atomic E-state index is -0.191. The van der Waals surface area contributed by atoms with Crippen molar-refractivity contribution in [3.8, 4) is 0 Å². The Labute approximate surface area is 151 Å². The van der Waals surface area contributed by atoms with Gasteiger partial charge in [0.05, 0.1) is 0 Å². The van der Waals surface area contributed by atoms with Crippen molar-refractivity contribution < 1.29 is 9.90 Å². The van der Waals surface area contributed by atoms with Crippen molar-refractivity contribution in [3.05, 3.63) is 35.4 Å². The molecule has 140 valence electrons. The minimum absolute atomic E-state index is 0.0429. The number of carbonyl (C=O) groups is 1. The summed E-state index contributed by atoms with van der Waals surface area (Å²) >= 11 is 0. The first-order chi connectivity index (χ1) is 12.0. The van der Waals surface area contributed by atoms with Crippen molar-refractivity contribution in [3.63, 3.8) is 0 Å². The molecular weight excluding hydrogens is 314 g/mol. The minimum Gasteiger partial charge on any atom is -0.396 e. The van der Waals surface area contributed by atoms with Gasteiger partial charge in [-0.3, -0.25) is 4.90 Å². The van der Waals surface area contributed by atoms with E-state index in [0.29, 0.717) is 6.54 Å². The van der Waals surface area contributed by atoms with E-state index in [1.165, 1.54) is 31.5 Å². The van der Waals surface area contributed by atoms with Crippen LogP contribution in [0.3, 0.4) is 0 Å². The molecule has 5 nitrogen and oxygen atoms in total. The van der Waals surface area contributed by atoms with Gasteiger partial charge in [0, 0.05) is 25.7 Å². The fourth-order valence-corrected chi connectivity index (χ4v) is 3.06.